The van der Waals surface area contributed by atoms with Gasteiger partial charge >= 0.3 is 0 Å². The summed E-state index contributed by atoms with van der Waals surface area (Å²) < 4.78 is 2.28. The summed E-state index contributed by atoms with van der Waals surface area (Å²) in [4.78, 5) is 0. The Balaban J connectivity index is 2.85. The summed E-state index contributed by atoms with van der Waals surface area (Å²) in [5, 5.41) is 3.91. The molecule has 5 heteroatoms. The van der Waals surface area contributed by atoms with Gasteiger partial charge in [0.25, 0.3) is 0 Å². The molecule has 1 aromatic rings. The fourth-order valence-corrected chi connectivity index (χ4v) is 0.924. The summed E-state index contributed by atoms with van der Waals surface area (Å²) in [5.41, 5.74) is 5.37. The van der Waals surface area contributed by atoms with Gasteiger partial charge in [0.2, 0.25) is 0 Å². The number of nitrogens with zero attached hydrogens (tertiary/aromatic N) is 2. The van der Waals surface area contributed by atoms with Gasteiger partial charge in [0, 0.05) is 12.3 Å². The third-order valence-corrected chi connectivity index (χ3v) is 2.19. The zero-order valence-corrected chi connectivity index (χ0v) is 7.08. The van der Waals surface area contributed by atoms with Gasteiger partial charge < -0.3 is 5.73 Å². The van der Waals surface area contributed by atoms with Crippen LogP contribution in [0.2, 0.25) is 0 Å². The van der Waals surface area contributed by atoms with Crippen molar-refractivity contribution in [2.75, 3.05) is 12.0 Å². The van der Waals surface area contributed by atoms with E-state index in [9.17, 15) is 0 Å². The van der Waals surface area contributed by atoms with Crippen molar-refractivity contribution in [2.24, 2.45) is 0 Å². The van der Waals surface area contributed by atoms with Gasteiger partial charge in [0.05, 0.1) is 0 Å². The molecule has 0 bridgehead atoms. The molecule has 0 unspecified atom stereocenters. The fraction of sp³-hybridized carbons (Fsp3) is 0.200. The van der Waals surface area contributed by atoms with Crippen LogP contribution in [0.15, 0.2) is 12.3 Å². The molecule has 3 nitrogen and oxygen atoms in total. The van der Waals surface area contributed by atoms with E-state index < -0.39 is 0 Å². The molecular weight excluding hydrogens is 166 g/mol. The summed E-state index contributed by atoms with van der Waals surface area (Å²) in [6.07, 6.45) is 3.65. The lowest BCUT2D eigenvalue weighted by molar-refractivity contribution is 0.971. The quantitative estimate of drug-likeness (QED) is 0.593. The predicted molar refractivity (Wildman–Crippen MR) is 48.2 cm³/mol. The molecule has 1 heterocycles. The lowest BCUT2D eigenvalue weighted by Gasteiger charge is -1.95. The van der Waals surface area contributed by atoms with Crippen molar-refractivity contribution in [2.45, 2.75) is 0 Å². The fourth-order valence-electron chi connectivity index (χ4n) is 0.533. The van der Waals surface area contributed by atoms with E-state index in [1.54, 1.807) is 16.9 Å². The summed E-state index contributed by atoms with van der Waals surface area (Å²) in [7, 11) is 0. The minimum absolute atomic E-state index is 0.497. The molecule has 54 valence electrons. The van der Waals surface area contributed by atoms with Crippen molar-refractivity contribution in [1.29, 1.82) is 0 Å². The topological polar surface area (TPSA) is 43.8 Å². The van der Waals surface area contributed by atoms with E-state index in [-0.39, 0.29) is 0 Å². The van der Waals surface area contributed by atoms with Gasteiger partial charge in [-0.3, -0.25) is 0 Å². The van der Waals surface area contributed by atoms with Gasteiger partial charge in [0.1, 0.15) is 5.82 Å². The van der Waals surface area contributed by atoms with Crippen molar-refractivity contribution in [1.82, 2.24) is 9.78 Å². The monoisotopic (exact) mass is 173 g/mol. The molecule has 0 radical (unpaired) electrons. The summed E-state index contributed by atoms with van der Waals surface area (Å²) in [6.45, 7) is 0. The summed E-state index contributed by atoms with van der Waals surface area (Å²) in [6, 6.07) is 1.71. The first-order valence-electron chi connectivity index (χ1n) is 2.63. The van der Waals surface area contributed by atoms with Crippen molar-refractivity contribution < 1.29 is 0 Å². The number of rotatable bonds is 0. The predicted octanol–water partition coefficient (Wildman–Crippen LogP) is 0.961. The van der Waals surface area contributed by atoms with Crippen molar-refractivity contribution >= 4 is 34.1 Å². The second-order valence-corrected chi connectivity index (χ2v) is 3.10. The second-order valence-electron chi connectivity index (χ2n) is 1.66. The van der Waals surface area contributed by atoms with E-state index >= 15 is 0 Å². The van der Waals surface area contributed by atoms with Crippen LogP contribution in [-0.2, 0) is 0 Å². The highest BCUT2D eigenvalue weighted by molar-refractivity contribution is 8.22. The maximum atomic E-state index is 5.37. The standard InChI is InChI=1S/C5H7N3S2/c1-10-5(9)8-3-2-4(6)7-8/h2-3H,1H3,(H2,6,7). The average Bonchev–Trinajstić information content (AvgIpc) is 2.34. The average molecular weight is 173 g/mol. The Morgan fingerprint density at radius 1 is 1.90 bits per heavy atom. The van der Waals surface area contributed by atoms with Crippen LogP contribution in [-0.4, -0.2) is 20.4 Å². The van der Waals surface area contributed by atoms with Crippen LogP contribution in [0.1, 0.15) is 0 Å². The van der Waals surface area contributed by atoms with Crippen molar-refractivity contribution in [3.63, 3.8) is 0 Å². The lowest BCUT2D eigenvalue weighted by atomic mass is 10.7. The molecule has 0 aromatic carbocycles. The highest BCUT2D eigenvalue weighted by Gasteiger charge is 1.97. The zero-order valence-electron chi connectivity index (χ0n) is 5.44. The van der Waals surface area contributed by atoms with Crippen LogP contribution in [0.25, 0.3) is 0 Å². The van der Waals surface area contributed by atoms with Gasteiger partial charge in [-0.15, -0.1) is 5.10 Å². The van der Waals surface area contributed by atoms with Gasteiger partial charge in [-0.25, -0.2) is 4.68 Å². The van der Waals surface area contributed by atoms with E-state index in [0.717, 1.165) is 0 Å². The van der Waals surface area contributed by atoms with Crippen LogP contribution in [0, 0.1) is 0 Å². The van der Waals surface area contributed by atoms with E-state index in [1.165, 1.54) is 11.8 Å². The molecule has 2 N–H and O–H groups in total. The maximum Gasteiger partial charge on any atom is 0.160 e. The molecule has 0 saturated heterocycles. The molecule has 1 aromatic heterocycles. The van der Waals surface area contributed by atoms with Crippen molar-refractivity contribution in [3.05, 3.63) is 12.3 Å². The van der Waals surface area contributed by atoms with Crippen molar-refractivity contribution in [3.8, 4) is 0 Å². The first kappa shape index (κ1) is 7.56. The Bertz CT molecular complexity index is 243. The molecule has 1 rings (SSSR count). The highest BCUT2D eigenvalue weighted by atomic mass is 32.2. The van der Waals surface area contributed by atoms with E-state index in [4.69, 9.17) is 18.0 Å². The molecule has 0 spiro atoms. The molecule has 0 aliphatic heterocycles. The summed E-state index contributed by atoms with van der Waals surface area (Å²) >= 11 is 6.41. The van der Waals surface area contributed by atoms with E-state index in [1.807, 2.05) is 6.26 Å². The number of anilines is 1. The Morgan fingerprint density at radius 2 is 2.60 bits per heavy atom. The van der Waals surface area contributed by atoms with Crippen LogP contribution < -0.4 is 5.73 Å². The number of hydrogen-bond acceptors (Lipinski definition) is 4. The van der Waals surface area contributed by atoms with E-state index in [0.29, 0.717) is 10.1 Å². The number of nitrogen functional groups attached to an aromatic ring is 1. The maximum absolute atomic E-state index is 5.37. The molecule has 0 amide bonds. The SMILES string of the molecule is CSC(=S)n1ccc(N)n1. The van der Waals surface area contributed by atoms with Crippen LogP contribution in [0.3, 0.4) is 0 Å². The smallest absolute Gasteiger partial charge is 0.160 e. The zero-order chi connectivity index (χ0) is 7.56. The van der Waals surface area contributed by atoms with Crippen LogP contribution >= 0.6 is 24.0 Å². The first-order chi connectivity index (χ1) is 4.74. The largest absolute Gasteiger partial charge is 0.382 e. The minimum atomic E-state index is 0.497. The van der Waals surface area contributed by atoms with Crippen LogP contribution in [0.5, 0.6) is 0 Å². The highest BCUT2D eigenvalue weighted by Crippen LogP contribution is 2.03. The molecule has 0 atom stereocenters. The summed E-state index contributed by atoms with van der Waals surface area (Å²) in [5.74, 6) is 0.497. The third kappa shape index (κ3) is 1.48. The Labute approximate surface area is 68.6 Å². The number of thioether (sulfide) groups is 1. The number of aromatic nitrogens is 2. The third-order valence-electron chi connectivity index (χ3n) is 0.971. The number of hydrogen-bond donors (Lipinski definition) is 1. The molecule has 0 aliphatic rings. The molecule has 0 saturated carbocycles. The van der Waals surface area contributed by atoms with Gasteiger partial charge in [-0.2, -0.15) is 0 Å². The lowest BCUT2D eigenvalue weighted by Crippen LogP contribution is -2.04. The van der Waals surface area contributed by atoms with Gasteiger partial charge in [-0.05, 0) is 6.26 Å². The van der Waals surface area contributed by atoms with Gasteiger partial charge in [-0.1, -0.05) is 24.0 Å². The molecule has 0 fully saturated rings. The number of nitrogens with two attached hydrogens (primary N) is 1. The van der Waals surface area contributed by atoms with E-state index in [2.05, 4.69) is 5.10 Å². The van der Waals surface area contributed by atoms with Crippen LogP contribution in [0.4, 0.5) is 5.82 Å². The minimum Gasteiger partial charge on any atom is -0.382 e. The second kappa shape index (κ2) is 3.03. The first-order valence-corrected chi connectivity index (χ1v) is 4.27. The Hall–Kier alpha value is -0.550. The molecular formula is C5H7N3S2. The Kier molecular flexibility index (Phi) is 2.29. The van der Waals surface area contributed by atoms with Gasteiger partial charge in [0.15, 0.2) is 4.32 Å². The normalized spacial score (nSPS) is 9.70. The number of thiocarbonyl (C=S) groups is 1. The molecule has 10 heavy (non-hydrogen) atoms. The molecule has 0 aliphatic carbocycles. The Morgan fingerprint density at radius 3 is 3.00 bits per heavy atom.